The Morgan fingerprint density at radius 2 is 2.47 bits per heavy atom. The van der Waals surface area contributed by atoms with Crippen molar-refractivity contribution < 1.29 is 10.0 Å². The van der Waals surface area contributed by atoms with Gasteiger partial charge in [-0.15, -0.1) is 5.10 Å². The number of aromatic nitrogens is 2. The first kappa shape index (κ1) is 11.4. The van der Waals surface area contributed by atoms with Crippen molar-refractivity contribution in [2.75, 3.05) is 11.9 Å². The van der Waals surface area contributed by atoms with Crippen LogP contribution in [0.15, 0.2) is 6.20 Å². The Labute approximate surface area is 86.9 Å². The summed E-state index contributed by atoms with van der Waals surface area (Å²) in [5.41, 5.74) is -0.0527. The van der Waals surface area contributed by atoms with Gasteiger partial charge in [-0.2, -0.15) is 0 Å². The Morgan fingerprint density at radius 3 is 3.00 bits per heavy atom. The molecule has 7 heteroatoms. The predicted octanol–water partition coefficient (Wildman–Crippen LogP) is 0.511. The maximum absolute atomic E-state index is 10.6. The van der Waals surface area contributed by atoms with Crippen LogP contribution < -0.4 is 5.32 Å². The van der Waals surface area contributed by atoms with Crippen LogP contribution in [0, 0.1) is 10.1 Å². The number of aliphatic hydroxyl groups excluding tert-OH is 1. The molecular formula is C8H14N4O3. The summed E-state index contributed by atoms with van der Waals surface area (Å²) >= 11 is 0. The molecule has 0 saturated carbocycles. The molecule has 2 N–H and O–H groups in total. The van der Waals surface area contributed by atoms with Crippen LogP contribution in [0.3, 0.4) is 0 Å². The minimum absolute atomic E-state index is 0.0527. The van der Waals surface area contributed by atoms with Crippen LogP contribution in [-0.4, -0.2) is 32.5 Å². The topological polar surface area (TPSA) is 93.2 Å². The van der Waals surface area contributed by atoms with Crippen LogP contribution >= 0.6 is 0 Å². The van der Waals surface area contributed by atoms with Crippen molar-refractivity contribution in [3.05, 3.63) is 16.3 Å². The molecular weight excluding hydrogens is 200 g/mol. The normalized spacial score (nSPS) is 12.5. The highest BCUT2D eigenvalue weighted by atomic mass is 16.6. The van der Waals surface area contributed by atoms with Gasteiger partial charge in [0.15, 0.2) is 0 Å². The molecule has 0 aliphatic carbocycles. The number of aliphatic hydroxyl groups is 1. The molecule has 1 aromatic rings. The standard InChI is InChI=1S/C8H14N4O3/c1-6(13)3-4-9-8-7(12(14)15)5-11(2)10-8/h5-6,13H,3-4H2,1-2H3,(H,9,10). The highest BCUT2D eigenvalue weighted by molar-refractivity contribution is 5.54. The fourth-order valence-electron chi connectivity index (χ4n) is 1.13. The lowest BCUT2D eigenvalue weighted by molar-refractivity contribution is -0.384. The predicted molar refractivity (Wildman–Crippen MR) is 54.6 cm³/mol. The molecule has 0 saturated heterocycles. The number of rotatable bonds is 5. The Balaban J connectivity index is 2.63. The Kier molecular flexibility index (Phi) is 3.62. The van der Waals surface area contributed by atoms with Crippen LogP contribution in [0.5, 0.6) is 0 Å². The zero-order valence-electron chi connectivity index (χ0n) is 8.67. The van der Waals surface area contributed by atoms with Gasteiger partial charge in [0.05, 0.1) is 11.0 Å². The number of nitrogens with zero attached hydrogens (tertiary/aromatic N) is 3. The van der Waals surface area contributed by atoms with E-state index in [9.17, 15) is 10.1 Å². The number of anilines is 1. The molecule has 15 heavy (non-hydrogen) atoms. The summed E-state index contributed by atoms with van der Waals surface area (Å²) in [7, 11) is 1.62. The Morgan fingerprint density at radius 1 is 1.80 bits per heavy atom. The average molecular weight is 214 g/mol. The minimum atomic E-state index is -0.488. The molecule has 1 heterocycles. The van der Waals surface area contributed by atoms with E-state index in [1.807, 2.05) is 0 Å². The summed E-state index contributed by atoms with van der Waals surface area (Å²) in [6.07, 6.45) is 1.43. The molecule has 1 unspecified atom stereocenters. The van der Waals surface area contributed by atoms with E-state index >= 15 is 0 Å². The van der Waals surface area contributed by atoms with Gasteiger partial charge in [-0.1, -0.05) is 0 Å². The van der Waals surface area contributed by atoms with E-state index in [-0.39, 0.29) is 11.5 Å². The molecule has 0 aromatic carbocycles. The summed E-state index contributed by atoms with van der Waals surface area (Å²) in [4.78, 5) is 10.1. The first-order chi connectivity index (χ1) is 7.00. The van der Waals surface area contributed by atoms with Crippen molar-refractivity contribution >= 4 is 11.5 Å². The number of nitro groups is 1. The monoisotopic (exact) mass is 214 g/mol. The highest BCUT2D eigenvalue weighted by Gasteiger charge is 2.17. The van der Waals surface area contributed by atoms with Gasteiger partial charge in [-0.25, -0.2) is 0 Å². The quantitative estimate of drug-likeness (QED) is 0.550. The summed E-state index contributed by atoms with van der Waals surface area (Å²) < 4.78 is 1.38. The van der Waals surface area contributed by atoms with Gasteiger partial charge in [-0.3, -0.25) is 14.8 Å². The van der Waals surface area contributed by atoms with E-state index in [1.165, 1.54) is 10.9 Å². The largest absolute Gasteiger partial charge is 0.393 e. The van der Waals surface area contributed by atoms with Gasteiger partial charge in [0.2, 0.25) is 5.82 Å². The molecule has 7 nitrogen and oxygen atoms in total. The molecule has 0 spiro atoms. The van der Waals surface area contributed by atoms with Crippen LogP contribution in [0.25, 0.3) is 0 Å². The fourth-order valence-corrected chi connectivity index (χ4v) is 1.13. The number of aryl methyl sites for hydroxylation is 1. The lowest BCUT2D eigenvalue weighted by Gasteiger charge is -2.04. The second-order valence-corrected chi connectivity index (χ2v) is 3.36. The maximum Gasteiger partial charge on any atom is 0.330 e. The second-order valence-electron chi connectivity index (χ2n) is 3.36. The summed E-state index contributed by atoms with van der Waals surface area (Å²) in [5, 5.41) is 26.3. The van der Waals surface area contributed by atoms with Crippen LogP contribution in [-0.2, 0) is 7.05 Å². The average Bonchev–Trinajstić information content (AvgIpc) is 2.46. The van der Waals surface area contributed by atoms with Gasteiger partial charge in [-0.05, 0) is 13.3 Å². The molecule has 0 aliphatic heterocycles. The molecule has 0 bridgehead atoms. The van der Waals surface area contributed by atoms with E-state index in [1.54, 1.807) is 14.0 Å². The summed E-state index contributed by atoms with van der Waals surface area (Å²) in [5.74, 6) is 0.239. The van der Waals surface area contributed by atoms with Gasteiger partial charge in [0.25, 0.3) is 0 Å². The molecule has 84 valence electrons. The first-order valence-electron chi connectivity index (χ1n) is 4.60. The molecule has 0 fully saturated rings. The zero-order valence-corrected chi connectivity index (χ0v) is 8.67. The van der Waals surface area contributed by atoms with Crippen molar-refractivity contribution in [2.24, 2.45) is 7.05 Å². The lowest BCUT2D eigenvalue weighted by atomic mass is 10.3. The van der Waals surface area contributed by atoms with Crippen molar-refractivity contribution in [2.45, 2.75) is 19.4 Å². The number of nitrogens with one attached hydrogen (secondary N) is 1. The van der Waals surface area contributed by atoms with Gasteiger partial charge in [0.1, 0.15) is 6.20 Å². The molecule has 1 rings (SSSR count). The fraction of sp³-hybridized carbons (Fsp3) is 0.625. The smallest absolute Gasteiger partial charge is 0.330 e. The summed E-state index contributed by atoms with van der Waals surface area (Å²) in [6, 6.07) is 0. The van der Waals surface area contributed by atoms with Crippen molar-refractivity contribution in [3.8, 4) is 0 Å². The molecule has 0 radical (unpaired) electrons. The van der Waals surface area contributed by atoms with E-state index < -0.39 is 11.0 Å². The van der Waals surface area contributed by atoms with Crippen LogP contribution in [0.4, 0.5) is 11.5 Å². The van der Waals surface area contributed by atoms with E-state index in [0.29, 0.717) is 13.0 Å². The summed E-state index contributed by atoms with van der Waals surface area (Å²) in [6.45, 7) is 2.12. The minimum Gasteiger partial charge on any atom is -0.393 e. The van der Waals surface area contributed by atoms with Gasteiger partial charge < -0.3 is 10.4 Å². The second kappa shape index (κ2) is 4.74. The van der Waals surface area contributed by atoms with Gasteiger partial charge in [0, 0.05) is 13.6 Å². The SMILES string of the molecule is CC(O)CCNc1nn(C)cc1[N+](=O)[O-]. The van der Waals surface area contributed by atoms with Crippen LogP contribution in [0.2, 0.25) is 0 Å². The lowest BCUT2D eigenvalue weighted by Crippen LogP contribution is -2.10. The highest BCUT2D eigenvalue weighted by Crippen LogP contribution is 2.21. The molecule has 0 amide bonds. The first-order valence-corrected chi connectivity index (χ1v) is 4.60. The third kappa shape index (κ3) is 3.21. The van der Waals surface area contributed by atoms with E-state index in [4.69, 9.17) is 5.11 Å². The van der Waals surface area contributed by atoms with Crippen molar-refractivity contribution in [3.63, 3.8) is 0 Å². The number of hydrogen-bond donors (Lipinski definition) is 2. The number of hydrogen-bond acceptors (Lipinski definition) is 5. The third-order valence-electron chi connectivity index (χ3n) is 1.86. The van der Waals surface area contributed by atoms with Crippen molar-refractivity contribution in [1.82, 2.24) is 9.78 Å². The van der Waals surface area contributed by atoms with Crippen molar-refractivity contribution in [1.29, 1.82) is 0 Å². The zero-order chi connectivity index (χ0) is 11.4. The Bertz CT molecular complexity index is 348. The van der Waals surface area contributed by atoms with E-state index in [0.717, 1.165) is 0 Å². The molecule has 1 atom stereocenters. The Hall–Kier alpha value is -1.63. The molecule has 1 aromatic heterocycles. The van der Waals surface area contributed by atoms with E-state index in [2.05, 4.69) is 10.4 Å². The third-order valence-corrected chi connectivity index (χ3v) is 1.86. The molecule has 0 aliphatic rings. The maximum atomic E-state index is 10.6. The van der Waals surface area contributed by atoms with Crippen LogP contribution in [0.1, 0.15) is 13.3 Å². The van der Waals surface area contributed by atoms with Gasteiger partial charge >= 0.3 is 5.69 Å².